The molecule has 6 amide bonds. The third-order valence-corrected chi connectivity index (χ3v) is 10.3. The fraction of sp³-hybridized carbons (Fsp3) is 0.278. The Morgan fingerprint density at radius 1 is 1.00 bits per heavy atom. The van der Waals surface area contributed by atoms with Crippen molar-refractivity contribution in [1.82, 2.24) is 25.4 Å². The molecule has 1 saturated heterocycles. The SMILES string of the molecule is CN(Cc1ccc(-c2[nH]c3cc(F)cc4c3c2CCNC4=O)cc1)C(=O)CCCSc1cccc2c1C(=O)N(C1CCC(=O)NC1=O)C2=O. The van der Waals surface area contributed by atoms with Crippen LogP contribution in [0.1, 0.15) is 67.9 Å². The van der Waals surface area contributed by atoms with Crippen LogP contribution in [0.25, 0.3) is 22.2 Å². The molecule has 3 N–H and O–H groups in total. The zero-order valence-electron chi connectivity index (χ0n) is 26.6. The van der Waals surface area contributed by atoms with Crippen LogP contribution in [-0.2, 0) is 27.3 Å². The van der Waals surface area contributed by atoms with Crippen LogP contribution in [0, 0.1) is 5.82 Å². The van der Waals surface area contributed by atoms with E-state index in [1.54, 1.807) is 30.1 Å². The molecule has 0 bridgehead atoms. The van der Waals surface area contributed by atoms with Crippen LogP contribution in [0.15, 0.2) is 59.5 Å². The van der Waals surface area contributed by atoms with Crippen molar-refractivity contribution >= 4 is 58.1 Å². The van der Waals surface area contributed by atoms with Gasteiger partial charge >= 0.3 is 0 Å². The van der Waals surface area contributed by atoms with E-state index in [0.717, 1.165) is 32.7 Å². The molecule has 7 rings (SSSR count). The standard InChI is InChI=1S/C36H32FN5O6S/c1-41(18-19-7-9-20(10-8-19)32-22-13-14-38-33(45)24-16-21(37)17-25(39-32)30(22)24)29(44)6-3-15-49-27-5-2-4-23-31(27)36(48)42(35(23)47)26-11-12-28(43)40-34(26)46/h2,4-5,7-10,16-17,26,39H,3,6,11-15,18H2,1H3,(H,38,45)(H,40,43,46). The van der Waals surface area contributed by atoms with Gasteiger partial charge in [-0.15, -0.1) is 11.8 Å². The molecule has 11 nitrogen and oxygen atoms in total. The van der Waals surface area contributed by atoms with Gasteiger partial charge in [-0.05, 0) is 66.0 Å². The Labute approximate surface area is 284 Å². The lowest BCUT2D eigenvalue weighted by Gasteiger charge is -2.27. The summed E-state index contributed by atoms with van der Waals surface area (Å²) in [6.07, 6.45) is 1.58. The molecule has 4 aromatic rings. The number of carbonyl (C=O) groups is 6. The van der Waals surface area contributed by atoms with Crippen molar-refractivity contribution < 1.29 is 33.2 Å². The Kier molecular flexibility index (Phi) is 8.53. The largest absolute Gasteiger partial charge is 0.354 e. The highest BCUT2D eigenvalue weighted by atomic mass is 32.2. The lowest BCUT2D eigenvalue weighted by Crippen LogP contribution is -2.54. The van der Waals surface area contributed by atoms with Gasteiger partial charge in [0.25, 0.3) is 17.7 Å². The number of aromatic nitrogens is 1. The number of fused-ring (bicyclic) bond motifs is 1. The van der Waals surface area contributed by atoms with E-state index >= 15 is 0 Å². The summed E-state index contributed by atoms with van der Waals surface area (Å²) >= 11 is 1.38. The number of carbonyl (C=O) groups excluding carboxylic acids is 6. The van der Waals surface area contributed by atoms with Crippen molar-refractivity contribution in [2.24, 2.45) is 0 Å². The van der Waals surface area contributed by atoms with Crippen LogP contribution in [-0.4, -0.2) is 75.6 Å². The first-order valence-corrected chi connectivity index (χ1v) is 17.0. The van der Waals surface area contributed by atoms with Crippen LogP contribution in [0.4, 0.5) is 4.39 Å². The smallest absolute Gasteiger partial charge is 0.263 e. The summed E-state index contributed by atoms with van der Waals surface area (Å²) < 4.78 is 14.3. The summed E-state index contributed by atoms with van der Waals surface area (Å²) in [5.74, 6) is -2.45. The quantitative estimate of drug-likeness (QED) is 0.136. The minimum absolute atomic E-state index is 0.0405. The van der Waals surface area contributed by atoms with E-state index in [4.69, 9.17) is 0 Å². The maximum atomic E-state index is 14.3. The summed E-state index contributed by atoms with van der Waals surface area (Å²) in [6.45, 7) is 0.853. The number of nitrogens with one attached hydrogen (secondary N) is 3. The summed E-state index contributed by atoms with van der Waals surface area (Å²) in [5, 5.41) is 5.78. The van der Waals surface area contributed by atoms with Gasteiger partial charge in [0, 0.05) is 54.5 Å². The monoisotopic (exact) mass is 681 g/mol. The minimum atomic E-state index is -1.03. The number of halogens is 1. The number of imide groups is 2. The Morgan fingerprint density at radius 3 is 2.57 bits per heavy atom. The number of H-pyrrole nitrogens is 1. The predicted molar refractivity (Wildman–Crippen MR) is 179 cm³/mol. The molecule has 250 valence electrons. The second kappa shape index (κ2) is 13.0. The molecule has 13 heteroatoms. The number of benzene rings is 3. The minimum Gasteiger partial charge on any atom is -0.354 e. The van der Waals surface area contributed by atoms with Crippen LogP contribution in [0.5, 0.6) is 0 Å². The van der Waals surface area contributed by atoms with Gasteiger partial charge in [0.15, 0.2) is 0 Å². The molecule has 0 saturated carbocycles. The van der Waals surface area contributed by atoms with Gasteiger partial charge in [-0.1, -0.05) is 30.3 Å². The average molecular weight is 682 g/mol. The van der Waals surface area contributed by atoms with Gasteiger partial charge in [0.2, 0.25) is 17.7 Å². The van der Waals surface area contributed by atoms with Gasteiger partial charge in [0.1, 0.15) is 11.9 Å². The number of hydrogen-bond acceptors (Lipinski definition) is 7. The van der Waals surface area contributed by atoms with Gasteiger partial charge in [0.05, 0.1) is 16.7 Å². The number of nitrogens with zero attached hydrogens (tertiary/aromatic N) is 2. The number of hydrogen-bond donors (Lipinski definition) is 3. The number of thioether (sulfide) groups is 1. The molecule has 3 aliphatic heterocycles. The van der Waals surface area contributed by atoms with Crippen molar-refractivity contribution in [3.05, 3.63) is 88.2 Å². The summed E-state index contributed by atoms with van der Waals surface area (Å²) in [6, 6.07) is 14.4. The molecule has 0 aliphatic carbocycles. The number of amides is 6. The van der Waals surface area contributed by atoms with E-state index < -0.39 is 35.5 Å². The maximum Gasteiger partial charge on any atom is 0.263 e. The molecule has 49 heavy (non-hydrogen) atoms. The Balaban J connectivity index is 0.950. The molecule has 3 aliphatic rings. The van der Waals surface area contributed by atoms with Crippen molar-refractivity contribution in [2.75, 3.05) is 19.3 Å². The van der Waals surface area contributed by atoms with E-state index in [2.05, 4.69) is 15.6 Å². The fourth-order valence-electron chi connectivity index (χ4n) is 6.78. The third kappa shape index (κ3) is 5.99. The van der Waals surface area contributed by atoms with Crippen LogP contribution >= 0.6 is 11.8 Å². The number of aromatic amines is 1. The topological polar surface area (TPSA) is 149 Å². The summed E-state index contributed by atoms with van der Waals surface area (Å²) in [7, 11) is 1.74. The first-order chi connectivity index (χ1) is 23.6. The maximum absolute atomic E-state index is 14.3. The lowest BCUT2D eigenvalue weighted by molar-refractivity contribution is -0.136. The lowest BCUT2D eigenvalue weighted by atomic mass is 9.99. The number of piperidine rings is 1. The zero-order chi connectivity index (χ0) is 34.4. The molecular formula is C36H32FN5O6S. The first-order valence-electron chi connectivity index (χ1n) is 16.0. The predicted octanol–water partition coefficient (Wildman–Crippen LogP) is 4.19. The van der Waals surface area contributed by atoms with Gasteiger partial charge < -0.3 is 15.2 Å². The van der Waals surface area contributed by atoms with Crippen molar-refractivity contribution in [2.45, 2.75) is 49.6 Å². The molecule has 3 aromatic carbocycles. The fourth-order valence-corrected chi connectivity index (χ4v) is 7.80. The average Bonchev–Trinajstić information content (AvgIpc) is 3.50. The summed E-state index contributed by atoms with van der Waals surface area (Å²) in [5.41, 5.74) is 5.02. The van der Waals surface area contributed by atoms with E-state index in [1.165, 1.54) is 23.9 Å². The van der Waals surface area contributed by atoms with E-state index in [-0.39, 0.29) is 42.2 Å². The molecule has 0 radical (unpaired) electrons. The summed E-state index contributed by atoms with van der Waals surface area (Å²) in [4.78, 5) is 82.4. The Hall–Kier alpha value is -5.30. The molecular weight excluding hydrogens is 649 g/mol. The van der Waals surface area contributed by atoms with Crippen LogP contribution in [0.3, 0.4) is 0 Å². The molecule has 4 heterocycles. The third-order valence-electron chi connectivity index (χ3n) is 9.18. The molecule has 1 aromatic heterocycles. The molecule has 1 atom stereocenters. The van der Waals surface area contributed by atoms with Crippen molar-refractivity contribution in [1.29, 1.82) is 0 Å². The van der Waals surface area contributed by atoms with E-state index in [1.807, 2.05) is 24.3 Å². The van der Waals surface area contributed by atoms with Gasteiger partial charge in [-0.25, -0.2) is 4.39 Å². The highest BCUT2D eigenvalue weighted by Crippen LogP contribution is 2.36. The van der Waals surface area contributed by atoms with Gasteiger partial charge in [-0.3, -0.25) is 39.0 Å². The zero-order valence-corrected chi connectivity index (χ0v) is 27.4. The molecule has 0 spiro atoms. The van der Waals surface area contributed by atoms with Crippen molar-refractivity contribution in [3.63, 3.8) is 0 Å². The van der Waals surface area contributed by atoms with Crippen LogP contribution in [0.2, 0.25) is 0 Å². The highest BCUT2D eigenvalue weighted by molar-refractivity contribution is 7.99. The Morgan fingerprint density at radius 2 is 1.80 bits per heavy atom. The highest BCUT2D eigenvalue weighted by Gasteiger charge is 2.45. The molecule has 1 fully saturated rings. The second-order valence-electron chi connectivity index (χ2n) is 12.4. The number of rotatable bonds is 9. The second-order valence-corrected chi connectivity index (χ2v) is 13.5. The Bertz CT molecular complexity index is 2080. The van der Waals surface area contributed by atoms with E-state index in [0.29, 0.717) is 47.7 Å². The van der Waals surface area contributed by atoms with Crippen molar-refractivity contribution in [3.8, 4) is 11.3 Å². The first kappa shape index (κ1) is 32.3. The van der Waals surface area contributed by atoms with Gasteiger partial charge in [-0.2, -0.15) is 0 Å². The van der Waals surface area contributed by atoms with Crippen LogP contribution < -0.4 is 10.6 Å². The molecule has 1 unspecified atom stereocenters. The normalized spacial score (nSPS) is 17.2. The van der Waals surface area contributed by atoms with E-state index in [9.17, 15) is 33.2 Å².